The molecule has 0 fully saturated rings. The fourth-order valence-electron chi connectivity index (χ4n) is 1.37. The van der Waals surface area contributed by atoms with Crippen molar-refractivity contribution in [3.8, 4) is 11.5 Å². The van der Waals surface area contributed by atoms with E-state index in [1.165, 1.54) is 0 Å². The Kier molecular flexibility index (Phi) is 5.43. The highest BCUT2D eigenvalue weighted by molar-refractivity contribution is 5.40. The molecule has 1 aromatic rings. The molecule has 0 unspecified atom stereocenters. The number of benzene rings is 1. The molecule has 0 aliphatic carbocycles. The maximum atomic E-state index is 5.57. The predicted octanol–water partition coefficient (Wildman–Crippen LogP) is 2.37. The first kappa shape index (κ1) is 12.6. The van der Waals surface area contributed by atoms with E-state index in [9.17, 15) is 0 Å². The number of nitrogens with one attached hydrogen (secondary N) is 1. The largest absolute Gasteiger partial charge is 0.497 e. The van der Waals surface area contributed by atoms with Gasteiger partial charge >= 0.3 is 0 Å². The van der Waals surface area contributed by atoms with Crippen molar-refractivity contribution in [3.05, 3.63) is 36.4 Å². The van der Waals surface area contributed by atoms with Gasteiger partial charge in [-0.3, -0.25) is 0 Å². The number of rotatable bonds is 7. The fraction of sp³-hybridized carbons (Fsp3) is 0.385. The van der Waals surface area contributed by atoms with Crippen molar-refractivity contribution in [1.29, 1.82) is 0 Å². The summed E-state index contributed by atoms with van der Waals surface area (Å²) in [6.07, 6.45) is 1.74. The quantitative estimate of drug-likeness (QED) is 0.717. The summed E-state index contributed by atoms with van der Waals surface area (Å²) in [5.74, 6) is 1.72. The molecule has 1 N–H and O–H groups in total. The van der Waals surface area contributed by atoms with E-state index in [0.29, 0.717) is 6.61 Å². The molecule has 0 radical (unpaired) electrons. The van der Waals surface area contributed by atoms with Gasteiger partial charge in [-0.1, -0.05) is 19.6 Å². The Morgan fingerprint density at radius 3 is 2.88 bits per heavy atom. The van der Waals surface area contributed by atoms with Crippen molar-refractivity contribution in [2.75, 3.05) is 20.3 Å². The Morgan fingerprint density at radius 2 is 2.25 bits per heavy atom. The zero-order chi connectivity index (χ0) is 11.8. The molecule has 16 heavy (non-hydrogen) atoms. The molecule has 0 aliphatic heterocycles. The van der Waals surface area contributed by atoms with Gasteiger partial charge < -0.3 is 14.8 Å². The van der Waals surface area contributed by atoms with Gasteiger partial charge in [0.1, 0.15) is 18.1 Å². The Hall–Kier alpha value is -1.48. The first-order valence-corrected chi connectivity index (χ1v) is 5.43. The zero-order valence-corrected chi connectivity index (χ0v) is 9.95. The van der Waals surface area contributed by atoms with E-state index in [1.54, 1.807) is 13.2 Å². The van der Waals surface area contributed by atoms with E-state index in [0.717, 1.165) is 30.2 Å². The van der Waals surface area contributed by atoms with Gasteiger partial charge in [-0.2, -0.15) is 0 Å². The number of ether oxygens (including phenoxy) is 2. The molecule has 0 saturated heterocycles. The van der Waals surface area contributed by atoms with Gasteiger partial charge in [0.25, 0.3) is 0 Å². The van der Waals surface area contributed by atoms with Crippen LogP contribution >= 0.6 is 0 Å². The summed E-state index contributed by atoms with van der Waals surface area (Å²) in [6.45, 7) is 7.94. The summed E-state index contributed by atoms with van der Waals surface area (Å²) in [5.41, 5.74) is 1.10. The topological polar surface area (TPSA) is 30.5 Å². The Morgan fingerprint density at radius 1 is 1.44 bits per heavy atom. The third-order valence-electron chi connectivity index (χ3n) is 2.19. The lowest BCUT2D eigenvalue weighted by molar-refractivity contribution is 0.355. The second-order valence-electron chi connectivity index (χ2n) is 3.35. The first-order chi connectivity index (χ1) is 7.81. The highest BCUT2D eigenvalue weighted by Crippen LogP contribution is 2.24. The first-order valence-electron chi connectivity index (χ1n) is 5.43. The van der Waals surface area contributed by atoms with Crippen LogP contribution in [0, 0.1) is 0 Å². The monoisotopic (exact) mass is 221 g/mol. The van der Waals surface area contributed by atoms with Crippen LogP contribution in [0.4, 0.5) is 0 Å². The summed E-state index contributed by atoms with van der Waals surface area (Å²) in [7, 11) is 1.66. The summed E-state index contributed by atoms with van der Waals surface area (Å²) >= 11 is 0. The van der Waals surface area contributed by atoms with Crippen LogP contribution in [0.2, 0.25) is 0 Å². The normalized spacial score (nSPS) is 9.88. The highest BCUT2D eigenvalue weighted by atomic mass is 16.5. The number of hydrogen-bond acceptors (Lipinski definition) is 3. The van der Waals surface area contributed by atoms with Crippen LogP contribution in [0.1, 0.15) is 12.5 Å². The smallest absolute Gasteiger partial charge is 0.124 e. The Bertz CT molecular complexity index is 337. The third kappa shape index (κ3) is 3.59. The molecule has 0 amide bonds. The molecule has 0 aliphatic rings. The fourth-order valence-corrected chi connectivity index (χ4v) is 1.37. The van der Waals surface area contributed by atoms with E-state index < -0.39 is 0 Å². The van der Waals surface area contributed by atoms with E-state index in [1.807, 2.05) is 18.2 Å². The van der Waals surface area contributed by atoms with E-state index in [-0.39, 0.29) is 0 Å². The van der Waals surface area contributed by atoms with Crippen molar-refractivity contribution in [2.24, 2.45) is 0 Å². The van der Waals surface area contributed by atoms with Gasteiger partial charge in [0.15, 0.2) is 0 Å². The standard InChI is InChI=1S/C13H19NO2/c1-4-8-16-13-7-6-12(15-3)9-11(13)10-14-5-2/h4,6-7,9,14H,1,5,8,10H2,2-3H3. The molecular weight excluding hydrogens is 202 g/mol. The van der Waals surface area contributed by atoms with E-state index in [4.69, 9.17) is 9.47 Å². The van der Waals surface area contributed by atoms with Gasteiger partial charge in [0.2, 0.25) is 0 Å². The van der Waals surface area contributed by atoms with E-state index >= 15 is 0 Å². The molecule has 0 atom stereocenters. The van der Waals surface area contributed by atoms with Crippen LogP contribution in [0.15, 0.2) is 30.9 Å². The Balaban J connectivity index is 2.82. The minimum Gasteiger partial charge on any atom is -0.497 e. The average molecular weight is 221 g/mol. The highest BCUT2D eigenvalue weighted by Gasteiger charge is 2.04. The lowest BCUT2D eigenvalue weighted by atomic mass is 10.2. The molecule has 3 nitrogen and oxygen atoms in total. The van der Waals surface area contributed by atoms with Crippen molar-refractivity contribution in [1.82, 2.24) is 5.32 Å². The predicted molar refractivity (Wildman–Crippen MR) is 66.1 cm³/mol. The zero-order valence-electron chi connectivity index (χ0n) is 9.95. The SMILES string of the molecule is C=CCOc1ccc(OC)cc1CNCC. The van der Waals surface area contributed by atoms with Crippen LogP contribution in [-0.2, 0) is 6.54 Å². The summed E-state index contributed by atoms with van der Waals surface area (Å²) in [6, 6.07) is 5.81. The van der Waals surface area contributed by atoms with Crippen LogP contribution in [-0.4, -0.2) is 20.3 Å². The number of hydrogen-bond donors (Lipinski definition) is 1. The molecule has 88 valence electrons. The molecule has 0 bridgehead atoms. The van der Waals surface area contributed by atoms with Gasteiger partial charge in [-0.05, 0) is 24.7 Å². The van der Waals surface area contributed by atoms with Crippen LogP contribution in [0.5, 0.6) is 11.5 Å². The second kappa shape index (κ2) is 6.90. The summed E-state index contributed by atoms with van der Waals surface area (Å²) in [4.78, 5) is 0. The van der Waals surface area contributed by atoms with Crippen LogP contribution in [0.25, 0.3) is 0 Å². The van der Waals surface area contributed by atoms with Gasteiger partial charge in [-0.25, -0.2) is 0 Å². The molecule has 0 saturated carbocycles. The lowest BCUT2D eigenvalue weighted by Gasteiger charge is -2.12. The van der Waals surface area contributed by atoms with Crippen LogP contribution < -0.4 is 14.8 Å². The van der Waals surface area contributed by atoms with Crippen LogP contribution in [0.3, 0.4) is 0 Å². The number of methoxy groups -OCH3 is 1. The van der Waals surface area contributed by atoms with Gasteiger partial charge in [0.05, 0.1) is 7.11 Å². The molecule has 0 heterocycles. The summed E-state index contributed by atoms with van der Waals surface area (Å²) in [5, 5.41) is 3.27. The van der Waals surface area contributed by atoms with Gasteiger partial charge in [0, 0.05) is 12.1 Å². The van der Waals surface area contributed by atoms with Crippen molar-refractivity contribution in [2.45, 2.75) is 13.5 Å². The van der Waals surface area contributed by atoms with Crippen molar-refractivity contribution in [3.63, 3.8) is 0 Å². The van der Waals surface area contributed by atoms with E-state index in [2.05, 4.69) is 18.8 Å². The minimum atomic E-state index is 0.519. The summed E-state index contributed by atoms with van der Waals surface area (Å²) < 4.78 is 10.8. The maximum absolute atomic E-state index is 5.57. The molecule has 1 aromatic carbocycles. The third-order valence-corrected chi connectivity index (χ3v) is 2.19. The molecular formula is C13H19NO2. The second-order valence-corrected chi connectivity index (χ2v) is 3.35. The van der Waals surface area contributed by atoms with Crippen molar-refractivity contribution < 1.29 is 9.47 Å². The Labute approximate surface area is 97.1 Å². The molecule has 0 spiro atoms. The molecule has 1 rings (SSSR count). The van der Waals surface area contributed by atoms with Crippen molar-refractivity contribution >= 4 is 0 Å². The van der Waals surface area contributed by atoms with Gasteiger partial charge in [-0.15, -0.1) is 0 Å². The maximum Gasteiger partial charge on any atom is 0.124 e. The lowest BCUT2D eigenvalue weighted by Crippen LogP contribution is -2.13. The molecule has 3 heteroatoms. The average Bonchev–Trinajstić information content (AvgIpc) is 2.34. The minimum absolute atomic E-state index is 0.519. The molecule has 0 aromatic heterocycles.